The molecule has 3 aromatic rings. The zero-order valence-electron chi connectivity index (χ0n) is 16.9. The lowest BCUT2D eigenvalue weighted by molar-refractivity contribution is 0.0649. The Kier molecular flexibility index (Phi) is 4.99. The van der Waals surface area contributed by atoms with Crippen LogP contribution in [0, 0.1) is 20.8 Å². The quantitative estimate of drug-likeness (QED) is 0.646. The van der Waals surface area contributed by atoms with E-state index in [1.807, 2.05) is 63.2 Å². The fourth-order valence-corrected chi connectivity index (χ4v) is 5.68. The van der Waals surface area contributed by atoms with Gasteiger partial charge in [-0.1, -0.05) is 42.0 Å². The van der Waals surface area contributed by atoms with E-state index in [1.54, 1.807) is 4.90 Å². The molecule has 1 aromatic heterocycles. The molecule has 1 aliphatic heterocycles. The number of carbonyl (C=O) groups is 1. The zero-order valence-corrected chi connectivity index (χ0v) is 17.8. The van der Waals surface area contributed by atoms with Crippen LogP contribution < -0.4 is 0 Å². The second-order valence-electron chi connectivity index (χ2n) is 8.03. The number of nitrogens with zero attached hydrogens (tertiary/aromatic N) is 1. The van der Waals surface area contributed by atoms with E-state index in [9.17, 15) is 13.2 Å². The Morgan fingerprint density at radius 1 is 1.07 bits per heavy atom. The van der Waals surface area contributed by atoms with E-state index >= 15 is 0 Å². The van der Waals surface area contributed by atoms with Gasteiger partial charge in [0.2, 0.25) is 0 Å². The van der Waals surface area contributed by atoms with Crippen molar-refractivity contribution in [1.29, 1.82) is 0 Å². The average Bonchev–Trinajstić information content (AvgIpc) is 3.19. The molecule has 1 saturated heterocycles. The van der Waals surface area contributed by atoms with Crippen LogP contribution in [0.3, 0.4) is 0 Å². The molecule has 0 radical (unpaired) electrons. The highest BCUT2D eigenvalue weighted by Crippen LogP contribution is 2.29. The SMILES string of the molecule is Cc1ccc(CN(C(=O)c2oc3cc(C)ccc3c2C)C2CCS(=O)(=O)C2)cc1. The fraction of sp³-hybridized carbons (Fsp3) is 0.348. The van der Waals surface area contributed by atoms with E-state index in [1.165, 1.54) is 0 Å². The fourth-order valence-electron chi connectivity index (χ4n) is 3.95. The minimum Gasteiger partial charge on any atom is -0.451 e. The molecule has 0 saturated carbocycles. The van der Waals surface area contributed by atoms with E-state index in [0.717, 1.165) is 27.6 Å². The van der Waals surface area contributed by atoms with Gasteiger partial charge in [-0.15, -0.1) is 0 Å². The lowest BCUT2D eigenvalue weighted by Crippen LogP contribution is -2.40. The Morgan fingerprint density at radius 2 is 1.76 bits per heavy atom. The molecular formula is C23H25NO4S. The topological polar surface area (TPSA) is 67.6 Å². The maximum Gasteiger partial charge on any atom is 0.290 e. The third-order valence-corrected chi connectivity index (χ3v) is 7.42. The minimum absolute atomic E-state index is 0.00296. The first kappa shape index (κ1) is 19.7. The zero-order chi connectivity index (χ0) is 20.8. The molecule has 0 bridgehead atoms. The summed E-state index contributed by atoms with van der Waals surface area (Å²) in [6, 6.07) is 13.5. The van der Waals surface area contributed by atoms with E-state index in [4.69, 9.17) is 4.42 Å². The predicted molar refractivity (Wildman–Crippen MR) is 114 cm³/mol. The Bertz CT molecular complexity index is 1180. The average molecular weight is 412 g/mol. The van der Waals surface area contributed by atoms with Crippen LogP contribution in [-0.2, 0) is 16.4 Å². The monoisotopic (exact) mass is 411 g/mol. The van der Waals surface area contributed by atoms with E-state index in [0.29, 0.717) is 24.3 Å². The van der Waals surface area contributed by atoms with Crippen molar-refractivity contribution in [2.45, 2.75) is 39.8 Å². The highest BCUT2D eigenvalue weighted by atomic mass is 32.2. The van der Waals surface area contributed by atoms with E-state index in [-0.39, 0.29) is 23.5 Å². The standard InChI is InChI=1S/C23H25NO4S/c1-15-4-7-18(8-5-15)13-24(19-10-11-29(26,27)14-19)23(25)22-17(3)20-9-6-16(2)12-21(20)28-22/h4-9,12,19H,10-11,13-14H2,1-3H3. The highest BCUT2D eigenvalue weighted by Gasteiger charge is 2.36. The van der Waals surface area contributed by atoms with Gasteiger partial charge >= 0.3 is 0 Å². The van der Waals surface area contributed by atoms with Gasteiger partial charge in [0, 0.05) is 23.5 Å². The summed E-state index contributed by atoms with van der Waals surface area (Å²) in [4.78, 5) is 15.2. The van der Waals surface area contributed by atoms with Crippen molar-refractivity contribution in [3.63, 3.8) is 0 Å². The van der Waals surface area contributed by atoms with E-state index < -0.39 is 9.84 Å². The Balaban J connectivity index is 1.73. The van der Waals surface area contributed by atoms with Crippen molar-refractivity contribution in [1.82, 2.24) is 4.90 Å². The molecule has 1 fully saturated rings. The Morgan fingerprint density at radius 3 is 2.41 bits per heavy atom. The first-order valence-corrected chi connectivity index (χ1v) is 11.6. The van der Waals surface area contributed by atoms with Gasteiger partial charge < -0.3 is 9.32 Å². The number of furan rings is 1. The van der Waals surface area contributed by atoms with Gasteiger partial charge in [0.1, 0.15) is 5.58 Å². The molecule has 1 unspecified atom stereocenters. The normalized spacial score (nSPS) is 18.2. The maximum atomic E-state index is 13.5. The largest absolute Gasteiger partial charge is 0.451 e. The molecule has 152 valence electrons. The van der Waals surface area contributed by atoms with Gasteiger partial charge in [-0.25, -0.2) is 8.42 Å². The van der Waals surface area contributed by atoms with Crippen LogP contribution in [0.1, 0.15) is 39.2 Å². The van der Waals surface area contributed by atoms with Crippen LogP contribution >= 0.6 is 0 Å². The maximum absolute atomic E-state index is 13.5. The van der Waals surface area contributed by atoms with Crippen LogP contribution in [0.25, 0.3) is 11.0 Å². The molecule has 4 rings (SSSR count). The number of hydrogen-bond donors (Lipinski definition) is 0. The Hall–Kier alpha value is -2.60. The first-order valence-electron chi connectivity index (χ1n) is 9.80. The van der Waals surface area contributed by atoms with Crippen molar-refractivity contribution < 1.29 is 17.6 Å². The molecule has 0 aliphatic carbocycles. The predicted octanol–water partition coefficient (Wildman–Crippen LogP) is 4.19. The molecule has 1 amide bonds. The molecule has 0 N–H and O–H groups in total. The number of amides is 1. The smallest absolute Gasteiger partial charge is 0.290 e. The van der Waals surface area contributed by atoms with Crippen molar-refractivity contribution in [2.75, 3.05) is 11.5 Å². The molecule has 0 spiro atoms. The van der Waals surface area contributed by atoms with Crippen molar-refractivity contribution >= 4 is 26.7 Å². The van der Waals surface area contributed by atoms with Gasteiger partial charge in [-0.05, 0) is 44.4 Å². The van der Waals surface area contributed by atoms with Crippen LogP contribution in [0.15, 0.2) is 46.9 Å². The number of rotatable bonds is 4. The highest BCUT2D eigenvalue weighted by molar-refractivity contribution is 7.91. The van der Waals surface area contributed by atoms with Gasteiger partial charge in [0.05, 0.1) is 11.5 Å². The van der Waals surface area contributed by atoms with Gasteiger partial charge in [-0.2, -0.15) is 0 Å². The molecule has 2 aromatic carbocycles. The second-order valence-corrected chi connectivity index (χ2v) is 10.3. The number of hydrogen-bond acceptors (Lipinski definition) is 4. The van der Waals surface area contributed by atoms with Crippen LogP contribution in [-0.4, -0.2) is 36.8 Å². The summed E-state index contributed by atoms with van der Waals surface area (Å²) < 4.78 is 30.1. The third kappa shape index (κ3) is 3.94. The number of fused-ring (bicyclic) bond motifs is 1. The molecule has 1 aliphatic rings. The van der Waals surface area contributed by atoms with Gasteiger partial charge in [0.15, 0.2) is 15.6 Å². The molecule has 2 heterocycles. The summed E-state index contributed by atoms with van der Waals surface area (Å²) in [5.41, 5.74) is 4.64. The summed E-state index contributed by atoms with van der Waals surface area (Å²) in [5.74, 6) is 0.164. The van der Waals surface area contributed by atoms with Crippen LogP contribution in [0.4, 0.5) is 0 Å². The van der Waals surface area contributed by atoms with Gasteiger partial charge in [-0.3, -0.25) is 4.79 Å². The molecule has 1 atom stereocenters. The summed E-state index contributed by atoms with van der Waals surface area (Å²) in [6.45, 7) is 6.22. The van der Waals surface area contributed by atoms with Crippen LogP contribution in [0.5, 0.6) is 0 Å². The minimum atomic E-state index is -3.12. The summed E-state index contributed by atoms with van der Waals surface area (Å²) in [5, 5.41) is 0.910. The lowest BCUT2D eigenvalue weighted by Gasteiger charge is -2.28. The summed E-state index contributed by atoms with van der Waals surface area (Å²) in [6.07, 6.45) is 0.457. The van der Waals surface area contributed by atoms with Crippen LogP contribution in [0.2, 0.25) is 0 Å². The third-order valence-electron chi connectivity index (χ3n) is 5.67. The summed E-state index contributed by atoms with van der Waals surface area (Å²) >= 11 is 0. The number of sulfone groups is 1. The first-order chi connectivity index (χ1) is 13.7. The summed E-state index contributed by atoms with van der Waals surface area (Å²) in [7, 11) is -3.12. The number of carbonyl (C=O) groups excluding carboxylic acids is 1. The van der Waals surface area contributed by atoms with Crippen molar-refractivity contribution in [3.05, 3.63) is 70.5 Å². The van der Waals surface area contributed by atoms with Gasteiger partial charge in [0.25, 0.3) is 5.91 Å². The van der Waals surface area contributed by atoms with Crippen molar-refractivity contribution in [3.8, 4) is 0 Å². The Labute approximate surface area is 171 Å². The van der Waals surface area contributed by atoms with E-state index in [2.05, 4.69) is 0 Å². The molecule has 6 heteroatoms. The second kappa shape index (κ2) is 7.34. The lowest BCUT2D eigenvalue weighted by atomic mass is 10.1. The number of aryl methyl sites for hydroxylation is 3. The molecule has 29 heavy (non-hydrogen) atoms. The molecule has 5 nitrogen and oxygen atoms in total. The molecular weight excluding hydrogens is 386 g/mol. The van der Waals surface area contributed by atoms with Crippen molar-refractivity contribution in [2.24, 2.45) is 0 Å². The number of benzene rings is 2.